The van der Waals surface area contributed by atoms with E-state index in [2.05, 4.69) is 9.97 Å². The first-order valence-corrected chi connectivity index (χ1v) is 13.0. The van der Waals surface area contributed by atoms with E-state index in [4.69, 9.17) is 27.9 Å². The summed E-state index contributed by atoms with van der Waals surface area (Å²) in [6.45, 7) is 5.42. The van der Waals surface area contributed by atoms with Crippen LogP contribution < -0.4 is 10.3 Å². The monoisotopic (exact) mass is 509 g/mol. The minimum Gasteiger partial charge on any atom is -0.422 e. The first-order valence-electron chi connectivity index (χ1n) is 10.4. The minimum absolute atomic E-state index is 0.0491. The van der Waals surface area contributed by atoms with Gasteiger partial charge in [0.2, 0.25) is 0 Å². The highest BCUT2D eigenvalue weighted by Crippen LogP contribution is 2.35. The van der Waals surface area contributed by atoms with Crippen LogP contribution in [0.5, 0.6) is 11.8 Å². The summed E-state index contributed by atoms with van der Waals surface area (Å²) in [5, 5.41) is 0.743. The van der Waals surface area contributed by atoms with E-state index in [1.807, 2.05) is 6.92 Å². The van der Waals surface area contributed by atoms with E-state index < -0.39 is 9.84 Å². The Bertz CT molecular complexity index is 1310. The third-order valence-electron chi connectivity index (χ3n) is 4.98. The summed E-state index contributed by atoms with van der Waals surface area (Å²) in [4.78, 5) is 20.9. The Hall–Kier alpha value is -2.42. The lowest BCUT2D eigenvalue weighted by atomic mass is 10.1. The number of benzene rings is 1. The molecule has 3 rings (SSSR count). The van der Waals surface area contributed by atoms with Gasteiger partial charge in [0.25, 0.3) is 5.56 Å². The third kappa shape index (κ3) is 6.34. The summed E-state index contributed by atoms with van der Waals surface area (Å²) in [5.74, 6) is 0.145. The number of halogens is 2. The van der Waals surface area contributed by atoms with E-state index in [1.54, 1.807) is 51.4 Å². The van der Waals surface area contributed by atoms with Crippen LogP contribution in [-0.2, 0) is 22.6 Å². The molecule has 0 amide bonds. The van der Waals surface area contributed by atoms with E-state index in [9.17, 15) is 13.2 Å². The Balaban J connectivity index is 2.11. The summed E-state index contributed by atoms with van der Waals surface area (Å²) >= 11 is 12.4. The lowest BCUT2D eigenvalue weighted by molar-refractivity contribution is 0.438. The zero-order chi connectivity index (χ0) is 24.3. The second-order valence-corrected chi connectivity index (χ2v) is 11.0. The average Bonchev–Trinajstić information content (AvgIpc) is 2.72. The first kappa shape index (κ1) is 25.2. The van der Waals surface area contributed by atoms with Crippen LogP contribution >= 0.6 is 23.2 Å². The van der Waals surface area contributed by atoms with Gasteiger partial charge >= 0.3 is 6.01 Å². The largest absolute Gasteiger partial charge is 0.422 e. The van der Waals surface area contributed by atoms with Crippen LogP contribution in [0.1, 0.15) is 36.6 Å². The van der Waals surface area contributed by atoms with Gasteiger partial charge in [-0.1, -0.05) is 36.5 Å². The Morgan fingerprint density at radius 2 is 1.79 bits per heavy atom. The van der Waals surface area contributed by atoms with Crippen molar-refractivity contribution in [2.75, 3.05) is 5.75 Å². The number of hydrogen-bond acceptors (Lipinski definition) is 6. The molecule has 2 aromatic heterocycles. The van der Waals surface area contributed by atoms with Crippen LogP contribution in [0.25, 0.3) is 11.3 Å². The van der Waals surface area contributed by atoms with Crippen molar-refractivity contribution in [3.05, 3.63) is 67.7 Å². The van der Waals surface area contributed by atoms with Gasteiger partial charge in [-0.25, -0.2) is 8.42 Å². The van der Waals surface area contributed by atoms with Crippen molar-refractivity contribution >= 4 is 33.0 Å². The van der Waals surface area contributed by atoms with Gasteiger partial charge in [-0.15, -0.1) is 0 Å². The molecule has 0 radical (unpaired) electrons. The van der Waals surface area contributed by atoms with E-state index >= 15 is 0 Å². The number of hydrogen-bond donors (Lipinski definition) is 0. The second-order valence-electron chi connectivity index (χ2n) is 7.94. The highest BCUT2D eigenvalue weighted by Gasteiger charge is 2.18. The standard InChI is InChI=1S/C23H25Cl2N3O4S/c1-5-6-7-33(30,31)13-18-11-20(16-8-15(3)22(29)28(4)12-16)27-23(26-18)32-21-14(2)9-17(24)10-19(21)25/h8-12H,5-7,13H2,1-4H3. The molecule has 0 aliphatic rings. The van der Waals surface area contributed by atoms with Crippen LogP contribution in [0.2, 0.25) is 10.0 Å². The highest BCUT2D eigenvalue weighted by atomic mass is 35.5. The van der Waals surface area contributed by atoms with Crippen molar-refractivity contribution in [3.8, 4) is 23.0 Å². The van der Waals surface area contributed by atoms with Crippen LogP contribution in [0.3, 0.4) is 0 Å². The molecule has 0 aliphatic heterocycles. The number of unbranched alkanes of at least 4 members (excludes halogenated alkanes) is 1. The summed E-state index contributed by atoms with van der Waals surface area (Å²) in [5.41, 5.74) is 2.44. The molecule has 0 saturated heterocycles. The van der Waals surface area contributed by atoms with Crippen molar-refractivity contribution in [2.24, 2.45) is 7.05 Å². The van der Waals surface area contributed by atoms with Gasteiger partial charge in [0.05, 0.1) is 27.9 Å². The lowest BCUT2D eigenvalue weighted by Gasteiger charge is -2.13. The van der Waals surface area contributed by atoms with Gasteiger partial charge in [-0.2, -0.15) is 9.97 Å². The maximum Gasteiger partial charge on any atom is 0.322 e. The Labute approximate surface area is 203 Å². The van der Waals surface area contributed by atoms with Gasteiger partial charge in [0, 0.05) is 29.4 Å². The van der Waals surface area contributed by atoms with Gasteiger partial charge in [-0.3, -0.25) is 4.79 Å². The van der Waals surface area contributed by atoms with Gasteiger partial charge in [0.1, 0.15) is 0 Å². The third-order valence-corrected chi connectivity index (χ3v) is 7.13. The normalized spacial score (nSPS) is 11.6. The maximum absolute atomic E-state index is 12.6. The molecule has 176 valence electrons. The number of aromatic nitrogens is 3. The molecule has 0 bridgehead atoms. The molecule has 0 N–H and O–H groups in total. The van der Waals surface area contributed by atoms with E-state index in [-0.39, 0.29) is 28.1 Å². The zero-order valence-electron chi connectivity index (χ0n) is 18.9. The average molecular weight is 510 g/mol. The number of pyridine rings is 1. The molecule has 0 atom stereocenters. The number of sulfone groups is 1. The topological polar surface area (TPSA) is 91.2 Å². The van der Waals surface area contributed by atoms with E-state index in [1.165, 1.54) is 4.57 Å². The van der Waals surface area contributed by atoms with Crippen molar-refractivity contribution in [1.29, 1.82) is 0 Å². The number of aryl methyl sites for hydroxylation is 3. The fourth-order valence-electron chi connectivity index (χ4n) is 3.33. The molecule has 1 aromatic carbocycles. The zero-order valence-corrected chi connectivity index (χ0v) is 21.2. The molecule has 0 fully saturated rings. The molecule has 0 spiro atoms. The summed E-state index contributed by atoms with van der Waals surface area (Å²) < 4.78 is 32.5. The molecule has 0 saturated carbocycles. The minimum atomic E-state index is -3.37. The molecule has 10 heteroatoms. The predicted octanol–water partition coefficient (Wildman–Crippen LogP) is 5.27. The van der Waals surface area contributed by atoms with Gasteiger partial charge in [-0.05, 0) is 50.1 Å². The van der Waals surface area contributed by atoms with Crippen LogP contribution in [0.15, 0.2) is 35.3 Å². The fourth-order valence-corrected chi connectivity index (χ4v) is 5.43. The van der Waals surface area contributed by atoms with Crippen LogP contribution in [0.4, 0.5) is 0 Å². The van der Waals surface area contributed by atoms with Gasteiger partial charge < -0.3 is 9.30 Å². The summed E-state index contributed by atoms with van der Waals surface area (Å²) in [7, 11) is -1.73. The lowest BCUT2D eigenvalue weighted by Crippen LogP contribution is -2.18. The molecule has 2 heterocycles. The molecule has 3 aromatic rings. The number of rotatable bonds is 8. The Kier molecular flexibility index (Phi) is 7.82. The molecular formula is C23H25Cl2N3O4S. The SMILES string of the molecule is CCCCS(=O)(=O)Cc1cc(-c2cc(C)c(=O)n(C)c2)nc(Oc2c(C)cc(Cl)cc2Cl)n1. The van der Waals surface area contributed by atoms with E-state index in [0.29, 0.717) is 45.3 Å². The highest BCUT2D eigenvalue weighted by molar-refractivity contribution is 7.90. The number of nitrogens with zero attached hydrogens (tertiary/aromatic N) is 3. The fraction of sp³-hybridized carbons (Fsp3) is 0.348. The second kappa shape index (κ2) is 10.2. The smallest absolute Gasteiger partial charge is 0.322 e. The molecule has 0 unspecified atom stereocenters. The molecule has 0 aliphatic carbocycles. The first-order chi connectivity index (χ1) is 15.5. The molecular weight excluding hydrogens is 485 g/mol. The van der Waals surface area contributed by atoms with Crippen LogP contribution in [0, 0.1) is 13.8 Å². The number of ether oxygens (including phenoxy) is 1. The van der Waals surface area contributed by atoms with Crippen molar-refractivity contribution < 1.29 is 13.2 Å². The predicted molar refractivity (Wildman–Crippen MR) is 131 cm³/mol. The van der Waals surface area contributed by atoms with Crippen molar-refractivity contribution in [1.82, 2.24) is 14.5 Å². The summed E-state index contributed by atoms with van der Waals surface area (Å²) in [6.07, 6.45) is 2.98. The van der Waals surface area contributed by atoms with Crippen LogP contribution in [-0.4, -0.2) is 28.7 Å². The molecule has 7 nitrogen and oxygen atoms in total. The summed E-state index contributed by atoms with van der Waals surface area (Å²) in [6, 6.07) is 6.49. The quantitative estimate of drug-likeness (QED) is 0.410. The van der Waals surface area contributed by atoms with Gasteiger partial charge in [0.15, 0.2) is 15.6 Å². The van der Waals surface area contributed by atoms with E-state index in [0.717, 1.165) is 6.42 Å². The Morgan fingerprint density at radius 3 is 2.42 bits per heavy atom. The maximum atomic E-state index is 12.6. The Morgan fingerprint density at radius 1 is 1.06 bits per heavy atom. The molecule has 33 heavy (non-hydrogen) atoms. The van der Waals surface area contributed by atoms with Crippen molar-refractivity contribution in [3.63, 3.8) is 0 Å². The van der Waals surface area contributed by atoms with Crippen molar-refractivity contribution in [2.45, 2.75) is 39.4 Å².